The second-order valence-electron chi connectivity index (χ2n) is 7.50. The van der Waals surface area contributed by atoms with Crippen molar-refractivity contribution in [2.45, 2.75) is 33.0 Å². The smallest absolute Gasteiger partial charge is 0.140 e. The van der Waals surface area contributed by atoms with Gasteiger partial charge in [0.2, 0.25) is 0 Å². The molecule has 0 aromatic heterocycles. The number of ether oxygens (including phenoxy) is 3. The maximum absolute atomic E-state index is 13.5. The van der Waals surface area contributed by atoms with Crippen LogP contribution in [-0.4, -0.2) is 45.2 Å². The Bertz CT molecular complexity index is 894. The number of rotatable bonds is 8. The molecule has 156 valence electrons. The minimum Gasteiger partial charge on any atom is -0.496 e. The summed E-state index contributed by atoms with van der Waals surface area (Å²) < 4.78 is 30.6. The van der Waals surface area contributed by atoms with Gasteiger partial charge in [0.25, 0.3) is 0 Å². The molecule has 1 saturated heterocycles. The topological polar surface area (TPSA) is 43.3 Å². The van der Waals surface area contributed by atoms with Gasteiger partial charge < -0.3 is 19.1 Å². The van der Waals surface area contributed by atoms with Gasteiger partial charge in [0, 0.05) is 25.2 Å². The molecule has 2 aromatic rings. The Hall–Kier alpha value is -2.44. The normalized spacial score (nSPS) is 15.4. The van der Waals surface area contributed by atoms with Crippen LogP contribution in [0.15, 0.2) is 35.3 Å². The van der Waals surface area contributed by atoms with E-state index in [-0.39, 0.29) is 5.82 Å². The van der Waals surface area contributed by atoms with Crippen LogP contribution >= 0.6 is 0 Å². The molecule has 2 aromatic carbocycles. The molecule has 0 atom stereocenters. The first-order valence-electron chi connectivity index (χ1n) is 9.79. The second kappa shape index (κ2) is 8.93. The minimum atomic E-state index is -0.517. The van der Waals surface area contributed by atoms with E-state index in [1.54, 1.807) is 6.07 Å². The van der Waals surface area contributed by atoms with Gasteiger partial charge >= 0.3 is 0 Å². The lowest BCUT2D eigenvalue weighted by Crippen LogP contribution is -2.49. The summed E-state index contributed by atoms with van der Waals surface area (Å²) >= 11 is 0. The number of benzene rings is 2. The number of hydrogen-bond acceptors (Lipinski definition) is 4. The van der Waals surface area contributed by atoms with Crippen LogP contribution in [0, 0.1) is 19.7 Å². The maximum Gasteiger partial charge on any atom is 0.140 e. The summed E-state index contributed by atoms with van der Waals surface area (Å²) in [7, 11) is 3.53. The fraction of sp³-hybridized carbons (Fsp3) is 0.435. The number of nitrogens with zero attached hydrogens (tertiary/aromatic N) is 2. The number of aliphatic imine (C=N–C) groups is 1. The van der Waals surface area contributed by atoms with Crippen LogP contribution in [0.1, 0.15) is 29.2 Å². The van der Waals surface area contributed by atoms with Gasteiger partial charge in [-0.25, -0.2) is 9.38 Å². The molecule has 0 N–H and O–H groups in total. The first-order chi connectivity index (χ1) is 13.9. The van der Waals surface area contributed by atoms with E-state index in [9.17, 15) is 4.39 Å². The summed E-state index contributed by atoms with van der Waals surface area (Å²) in [4.78, 5) is 6.64. The first kappa shape index (κ1) is 21.3. The maximum atomic E-state index is 13.5. The lowest BCUT2D eigenvalue weighted by Gasteiger charge is -2.42. The summed E-state index contributed by atoms with van der Waals surface area (Å²) in [6.45, 7) is 8.39. The molecule has 1 heterocycles. The zero-order chi connectivity index (χ0) is 21.0. The molecule has 29 heavy (non-hydrogen) atoms. The predicted molar refractivity (Wildman–Crippen MR) is 113 cm³/mol. The third-order valence-electron chi connectivity index (χ3n) is 5.35. The van der Waals surface area contributed by atoms with Crippen molar-refractivity contribution in [3.05, 3.63) is 58.4 Å². The van der Waals surface area contributed by atoms with E-state index in [1.807, 2.05) is 18.3 Å². The first-order valence-corrected chi connectivity index (χ1v) is 9.79. The van der Waals surface area contributed by atoms with Crippen LogP contribution in [-0.2, 0) is 21.7 Å². The highest BCUT2D eigenvalue weighted by Crippen LogP contribution is 2.39. The Balaban J connectivity index is 1.84. The van der Waals surface area contributed by atoms with E-state index >= 15 is 0 Å². The summed E-state index contributed by atoms with van der Waals surface area (Å²) in [6.07, 6.45) is 1.85. The van der Waals surface area contributed by atoms with Crippen molar-refractivity contribution in [1.29, 1.82) is 0 Å². The average Bonchev–Trinajstić information content (AvgIpc) is 2.68. The predicted octanol–water partition coefficient (Wildman–Crippen LogP) is 4.50. The van der Waals surface area contributed by atoms with E-state index in [0.717, 1.165) is 34.5 Å². The largest absolute Gasteiger partial charge is 0.496 e. The van der Waals surface area contributed by atoms with Crippen molar-refractivity contribution in [2.24, 2.45) is 4.99 Å². The number of methoxy groups -OCH3 is 1. The molecule has 0 aliphatic carbocycles. The van der Waals surface area contributed by atoms with Crippen molar-refractivity contribution in [2.75, 3.05) is 33.9 Å². The van der Waals surface area contributed by atoms with Crippen molar-refractivity contribution in [1.82, 2.24) is 4.90 Å². The highest BCUT2D eigenvalue weighted by atomic mass is 19.1. The Labute approximate surface area is 172 Å². The van der Waals surface area contributed by atoms with E-state index in [1.165, 1.54) is 19.2 Å². The van der Waals surface area contributed by atoms with Crippen molar-refractivity contribution in [3.8, 4) is 5.75 Å². The third kappa shape index (κ3) is 4.60. The Morgan fingerprint density at radius 1 is 1.21 bits per heavy atom. The van der Waals surface area contributed by atoms with E-state index in [4.69, 9.17) is 14.2 Å². The van der Waals surface area contributed by atoms with Crippen LogP contribution in [0.3, 0.4) is 0 Å². The standard InChI is InChI=1S/C23H29FN2O3/c1-6-26(4)15-25-21-10-16(2)20(9-17(21)3)23(13-28-14-23)29-12-18-7-8-19(24)11-22(18)27-5/h7-11,15H,6,12-14H2,1-5H3. The second-order valence-corrected chi connectivity index (χ2v) is 7.50. The zero-order valence-corrected chi connectivity index (χ0v) is 17.8. The highest BCUT2D eigenvalue weighted by molar-refractivity contribution is 5.64. The fourth-order valence-electron chi connectivity index (χ4n) is 3.33. The van der Waals surface area contributed by atoms with E-state index in [2.05, 4.69) is 37.9 Å². The van der Waals surface area contributed by atoms with Crippen LogP contribution in [0.2, 0.25) is 0 Å². The average molecular weight is 400 g/mol. The Morgan fingerprint density at radius 3 is 2.59 bits per heavy atom. The molecule has 0 bridgehead atoms. The van der Waals surface area contributed by atoms with Gasteiger partial charge in [0.15, 0.2) is 0 Å². The fourth-order valence-corrected chi connectivity index (χ4v) is 3.33. The summed E-state index contributed by atoms with van der Waals surface area (Å²) in [6, 6.07) is 8.71. The molecule has 0 saturated carbocycles. The lowest BCUT2D eigenvalue weighted by atomic mass is 9.86. The molecule has 3 rings (SSSR count). The van der Waals surface area contributed by atoms with Gasteiger partial charge in [0.1, 0.15) is 17.2 Å². The van der Waals surface area contributed by atoms with Crippen molar-refractivity contribution in [3.63, 3.8) is 0 Å². The summed E-state index contributed by atoms with van der Waals surface area (Å²) in [5.41, 5.74) is 4.53. The van der Waals surface area contributed by atoms with E-state index < -0.39 is 5.60 Å². The molecule has 1 fully saturated rings. The molecule has 0 amide bonds. The van der Waals surface area contributed by atoms with Crippen molar-refractivity contribution < 1.29 is 18.6 Å². The minimum absolute atomic E-state index is 0.312. The number of aryl methyl sites for hydroxylation is 2. The molecule has 1 aliphatic heterocycles. The van der Waals surface area contributed by atoms with Crippen LogP contribution in [0.5, 0.6) is 5.75 Å². The highest BCUT2D eigenvalue weighted by Gasteiger charge is 2.43. The van der Waals surface area contributed by atoms with Gasteiger partial charge in [0.05, 0.1) is 39.0 Å². The number of halogens is 1. The van der Waals surface area contributed by atoms with Crippen LogP contribution in [0.4, 0.5) is 10.1 Å². The summed E-state index contributed by atoms with van der Waals surface area (Å²) in [5, 5.41) is 0. The van der Waals surface area contributed by atoms with Gasteiger partial charge in [-0.05, 0) is 49.6 Å². The molecule has 0 radical (unpaired) electrons. The number of hydrogen-bond donors (Lipinski definition) is 0. The third-order valence-corrected chi connectivity index (χ3v) is 5.35. The molecule has 0 spiro atoms. The Kier molecular flexibility index (Phi) is 6.55. The van der Waals surface area contributed by atoms with Gasteiger partial charge in [-0.3, -0.25) is 0 Å². The quantitative estimate of drug-likeness (QED) is 0.483. The lowest BCUT2D eigenvalue weighted by molar-refractivity contribution is -0.223. The van der Waals surface area contributed by atoms with Crippen molar-refractivity contribution >= 4 is 12.0 Å². The van der Waals surface area contributed by atoms with Gasteiger partial charge in [-0.15, -0.1) is 0 Å². The molecule has 6 heteroatoms. The molecule has 5 nitrogen and oxygen atoms in total. The molecule has 0 unspecified atom stereocenters. The molecule has 1 aliphatic rings. The zero-order valence-electron chi connectivity index (χ0n) is 17.8. The monoisotopic (exact) mass is 400 g/mol. The Morgan fingerprint density at radius 2 is 1.97 bits per heavy atom. The molecular weight excluding hydrogens is 371 g/mol. The van der Waals surface area contributed by atoms with E-state index in [0.29, 0.717) is 25.6 Å². The van der Waals surface area contributed by atoms with Crippen LogP contribution < -0.4 is 4.74 Å². The SMILES string of the molecule is CCN(C)C=Nc1cc(C)c(C2(OCc3ccc(F)cc3OC)COC2)cc1C. The van der Waals surface area contributed by atoms with Gasteiger partial charge in [-0.1, -0.05) is 12.1 Å². The summed E-state index contributed by atoms with van der Waals surface area (Å²) in [5.74, 6) is 0.154. The van der Waals surface area contributed by atoms with Crippen LogP contribution in [0.25, 0.3) is 0 Å². The van der Waals surface area contributed by atoms with Gasteiger partial charge in [-0.2, -0.15) is 0 Å². The molecular formula is C23H29FN2O3.